The molecule has 2 N–H and O–H groups in total. The number of rotatable bonds is 6. The molecule has 1 aromatic carbocycles. The lowest BCUT2D eigenvalue weighted by Gasteiger charge is -2.20. The van der Waals surface area contributed by atoms with Gasteiger partial charge in [-0.1, -0.05) is 45.9 Å². The Balaban J connectivity index is 1.83. The summed E-state index contributed by atoms with van der Waals surface area (Å²) in [4.78, 5) is 20.7. The first-order valence-corrected chi connectivity index (χ1v) is 8.98. The molecule has 0 aliphatic heterocycles. The smallest absolute Gasteiger partial charge is 0.271 e. The fraction of sp³-hybridized carbons (Fsp3) is 0.450. The summed E-state index contributed by atoms with van der Waals surface area (Å²) >= 11 is 0. The summed E-state index contributed by atoms with van der Waals surface area (Å²) in [5, 5.41) is 6.34. The van der Waals surface area contributed by atoms with Crippen LogP contribution in [0, 0.1) is 0 Å². The zero-order valence-corrected chi connectivity index (χ0v) is 15.3. The summed E-state index contributed by atoms with van der Waals surface area (Å²) in [5.41, 5.74) is 3.96. The van der Waals surface area contributed by atoms with Gasteiger partial charge in [0.05, 0.1) is 12.4 Å². The Labute approximate surface area is 149 Å². The third-order valence-electron chi connectivity index (χ3n) is 4.42. The van der Waals surface area contributed by atoms with E-state index in [9.17, 15) is 4.79 Å². The lowest BCUT2D eigenvalue weighted by molar-refractivity contribution is 0.0945. The van der Waals surface area contributed by atoms with Gasteiger partial charge in [-0.15, -0.1) is 0 Å². The Kier molecular flexibility index (Phi) is 5.02. The van der Waals surface area contributed by atoms with Crippen molar-refractivity contribution in [3.05, 3.63) is 47.4 Å². The van der Waals surface area contributed by atoms with Crippen LogP contribution in [0.3, 0.4) is 0 Å². The van der Waals surface area contributed by atoms with Crippen molar-refractivity contribution < 1.29 is 4.79 Å². The molecule has 0 bridgehead atoms. The van der Waals surface area contributed by atoms with E-state index >= 15 is 0 Å². The van der Waals surface area contributed by atoms with E-state index in [4.69, 9.17) is 0 Å². The third kappa shape index (κ3) is 4.16. The van der Waals surface area contributed by atoms with E-state index in [1.807, 2.05) is 0 Å². The summed E-state index contributed by atoms with van der Waals surface area (Å²) < 4.78 is 0. The highest BCUT2D eigenvalue weighted by atomic mass is 16.2. The van der Waals surface area contributed by atoms with E-state index in [-0.39, 0.29) is 5.91 Å². The van der Waals surface area contributed by atoms with Gasteiger partial charge in [-0.25, -0.2) is 9.97 Å². The van der Waals surface area contributed by atoms with E-state index in [0.29, 0.717) is 29.4 Å². The van der Waals surface area contributed by atoms with Crippen LogP contribution < -0.4 is 10.6 Å². The number of nitrogens with zero attached hydrogens (tertiary/aromatic N) is 2. The maximum absolute atomic E-state index is 12.0. The standard InChI is InChI=1S/C20H26N4O/c1-12(2)15-6-5-7-16(13(3)4)19(15)24-18-11-21-17(10-22-18)20(25)23-14-8-9-14/h5-7,10-14H,8-9H2,1-4H3,(H,22,24)(H,23,25). The summed E-state index contributed by atoms with van der Waals surface area (Å²) in [6, 6.07) is 6.71. The van der Waals surface area contributed by atoms with Gasteiger partial charge in [-0.05, 0) is 35.8 Å². The predicted octanol–water partition coefficient (Wildman–Crippen LogP) is 4.36. The predicted molar refractivity (Wildman–Crippen MR) is 100 cm³/mol. The third-order valence-corrected chi connectivity index (χ3v) is 4.42. The van der Waals surface area contributed by atoms with Gasteiger partial charge in [0.2, 0.25) is 0 Å². The van der Waals surface area contributed by atoms with Crippen molar-refractivity contribution in [2.24, 2.45) is 0 Å². The van der Waals surface area contributed by atoms with Gasteiger partial charge >= 0.3 is 0 Å². The van der Waals surface area contributed by atoms with Gasteiger partial charge < -0.3 is 10.6 Å². The molecule has 1 saturated carbocycles. The van der Waals surface area contributed by atoms with Gasteiger partial charge in [0.25, 0.3) is 5.91 Å². The van der Waals surface area contributed by atoms with Crippen LogP contribution in [0.2, 0.25) is 0 Å². The van der Waals surface area contributed by atoms with Crippen LogP contribution in [0.25, 0.3) is 0 Å². The number of nitrogens with one attached hydrogen (secondary N) is 2. The molecule has 1 fully saturated rings. The first kappa shape index (κ1) is 17.4. The van der Waals surface area contributed by atoms with E-state index in [1.165, 1.54) is 17.3 Å². The van der Waals surface area contributed by atoms with Crippen molar-refractivity contribution in [1.82, 2.24) is 15.3 Å². The normalized spacial score (nSPS) is 14.0. The first-order chi connectivity index (χ1) is 12.0. The number of benzene rings is 1. The second kappa shape index (κ2) is 7.21. The van der Waals surface area contributed by atoms with Gasteiger partial charge in [0.1, 0.15) is 11.5 Å². The molecule has 5 nitrogen and oxygen atoms in total. The van der Waals surface area contributed by atoms with Crippen molar-refractivity contribution in [2.75, 3.05) is 5.32 Å². The maximum Gasteiger partial charge on any atom is 0.271 e. The molecule has 1 aromatic heterocycles. The van der Waals surface area contributed by atoms with Crippen LogP contribution in [-0.2, 0) is 0 Å². The minimum Gasteiger partial charge on any atom is -0.348 e. The van der Waals surface area contributed by atoms with E-state index in [0.717, 1.165) is 18.5 Å². The molecule has 1 heterocycles. The topological polar surface area (TPSA) is 66.9 Å². The van der Waals surface area contributed by atoms with Crippen LogP contribution >= 0.6 is 0 Å². The molecule has 1 aliphatic carbocycles. The maximum atomic E-state index is 12.0. The monoisotopic (exact) mass is 338 g/mol. The van der Waals surface area contributed by atoms with E-state index in [2.05, 4.69) is 66.5 Å². The average Bonchev–Trinajstić information content (AvgIpc) is 3.39. The molecule has 0 radical (unpaired) electrons. The number of aromatic nitrogens is 2. The minimum absolute atomic E-state index is 0.146. The number of para-hydroxylation sites is 1. The molecule has 0 atom stereocenters. The molecule has 5 heteroatoms. The largest absolute Gasteiger partial charge is 0.348 e. The Morgan fingerprint density at radius 1 is 1.04 bits per heavy atom. The van der Waals surface area contributed by atoms with Gasteiger partial charge in [0, 0.05) is 11.7 Å². The first-order valence-electron chi connectivity index (χ1n) is 8.98. The van der Waals surface area contributed by atoms with Crippen molar-refractivity contribution >= 4 is 17.4 Å². The molecule has 3 rings (SSSR count). The number of hydrogen-bond acceptors (Lipinski definition) is 4. The number of anilines is 2. The van der Waals surface area contributed by atoms with E-state index < -0.39 is 0 Å². The average molecular weight is 338 g/mol. The molecule has 1 amide bonds. The molecule has 1 aliphatic rings. The van der Waals surface area contributed by atoms with Crippen molar-refractivity contribution in [3.63, 3.8) is 0 Å². The Bertz CT molecular complexity index is 723. The Morgan fingerprint density at radius 2 is 1.68 bits per heavy atom. The minimum atomic E-state index is -0.146. The van der Waals surface area contributed by atoms with Crippen LogP contribution in [0.5, 0.6) is 0 Å². The molecule has 2 aromatic rings. The second-order valence-electron chi connectivity index (χ2n) is 7.28. The highest BCUT2D eigenvalue weighted by Crippen LogP contribution is 2.33. The second-order valence-corrected chi connectivity index (χ2v) is 7.28. The number of carbonyl (C=O) groups excluding carboxylic acids is 1. The molecule has 0 spiro atoms. The lowest BCUT2D eigenvalue weighted by Crippen LogP contribution is -2.26. The summed E-state index contributed by atoms with van der Waals surface area (Å²) in [7, 11) is 0. The lowest BCUT2D eigenvalue weighted by atomic mass is 9.92. The van der Waals surface area contributed by atoms with Gasteiger partial charge in [-0.2, -0.15) is 0 Å². The SMILES string of the molecule is CC(C)c1cccc(C(C)C)c1Nc1cnc(C(=O)NC2CC2)cn1. The van der Waals surface area contributed by atoms with Crippen molar-refractivity contribution in [2.45, 2.75) is 58.4 Å². The van der Waals surface area contributed by atoms with Crippen LogP contribution in [0.4, 0.5) is 11.5 Å². The molecule has 132 valence electrons. The number of hydrogen-bond donors (Lipinski definition) is 2. The molecular formula is C20H26N4O. The van der Waals surface area contributed by atoms with Crippen LogP contribution in [0.15, 0.2) is 30.6 Å². The molecule has 25 heavy (non-hydrogen) atoms. The van der Waals surface area contributed by atoms with Crippen LogP contribution in [0.1, 0.15) is 74.0 Å². The van der Waals surface area contributed by atoms with E-state index in [1.54, 1.807) is 6.20 Å². The summed E-state index contributed by atoms with van der Waals surface area (Å²) in [5.74, 6) is 1.31. The Morgan fingerprint density at radius 3 is 2.16 bits per heavy atom. The number of carbonyl (C=O) groups is 1. The quantitative estimate of drug-likeness (QED) is 0.821. The Hall–Kier alpha value is -2.43. The molecule has 0 unspecified atom stereocenters. The van der Waals surface area contributed by atoms with Gasteiger partial charge in [-0.3, -0.25) is 4.79 Å². The summed E-state index contributed by atoms with van der Waals surface area (Å²) in [6.07, 6.45) is 5.28. The highest BCUT2D eigenvalue weighted by molar-refractivity contribution is 5.92. The van der Waals surface area contributed by atoms with Crippen molar-refractivity contribution in [1.29, 1.82) is 0 Å². The zero-order valence-electron chi connectivity index (χ0n) is 15.3. The van der Waals surface area contributed by atoms with Gasteiger partial charge in [0.15, 0.2) is 0 Å². The molecular weight excluding hydrogens is 312 g/mol. The highest BCUT2D eigenvalue weighted by Gasteiger charge is 2.24. The number of amides is 1. The fourth-order valence-electron chi connectivity index (χ4n) is 2.82. The summed E-state index contributed by atoms with van der Waals surface area (Å²) in [6.45, 7) is 8.73. The molecule has 0 saturated heterocycles. The van der Waals surface area contributed by atoms with Crippen LogP contribution in [-0.4, -0.2) is 21.9 Å². The zero-order chi connectivity index (χ0) is 18.0. The van der Waals surface area contributed by atoms with Crippen molar-refractivity contribution in [3.8, 4) is 0 Å². The fourth-order valence-corrected chi connectivity index (χ4v) is 2.82.